The molecule has 7 nitrogen and oxygen atoms in total. The highest BCUT2D eigenvalue weighted by molar-refractivity contribution is 5.96. The Morgan fingerprint density at radius 1 is 0.769 bits per heavy atom. The van der Waals surface area contributed by atoms with Crippen LogP contribution in [0.15, 0.2) is 97.1 Å². The van der Waals surface area contributed by atoms with E-state index in [2.05, 4.69) is 46.3 Å². The maximum Gasteiger partial charge on any atom is 0.254 e. The zero-order valence-corrected chi connectivity index (χ0v) is 22.2. The number of carbonyl (C=O) groups excluding carboxylic acids is 2. The second-order valence-corrected chi connectivity index (χ2v) is 9.84. The molecule has 1 saturated heterocycles. The van der Waals surface area contributed by atoms with Gasteiger partial charge in [-0.3, -0.25) is 9.59 Å². The van der Waals surface area contributed by atoms with Crippen molar-refractivity contribution in [2.45, 2.75) is 13.3 Å². The van der Waals surface area contributed by atoms with Gasteiger partial charge in [0, 0.05) is 43.9 Å². The molecule has 2 amide bonds. The van der Waals surface area contributed by atoms with E-state index in [4.69, 9.17) is 0 Å². The molecule has 5 rings (SSSR count). The predicted molar refractivity (Wildman–Crippen MR) is 153 cm³/mol. The fourth-order valence-electron chi connectivity index (χ4n) is 4.74. The summed E-state index contributed by atoms with van der Waals surface area (Å²) >= 11 is 0. The van der Waals surface area contributed by atoms with Crippen LogP contribution in [-0.2, 0) is 11.2 Å². The highest BCUT2D eigenvalue weighted by atomic mass is 16.2. The molecule has 1 aromatic heterocycles. The van der Waals surface area contributed by atoms with Crippen molar-refractivity contribution in [2.24, 2.45) is 0 Å². The Balaban J connectivity index is 1.19. The SMILES string of the molecule is Cc1ccc(-c2ccc(N3CCN(C(=O)CN(CCc4ccccc4)C(=O)c4ccccc4)CC3)nn2)cc1. The van der Waals surface area contributed by atoms with Gasteiger partial charge in [-0.15, -0.1) is 10.2 Å². The van der Waals surface area contributed by atoms with Gasteiger partial charge in [-0.05, 0) is 43.2 Å². The lowest BCUT2D eigenvalue weighted by atomic mass is 10.1. The first-order valence-corrected chi connectivity index (χ1v) is 13.4. The van der Waals surface area contributed by atoms with Crippen LogP contribution < -0.4 is 4.90 Å². The third-order valence-electron chi connectivity index (χ3n) is 7.10. The van der Waals surface area contributed by atoms with Crippen molar-refractivity contribution in [3.8, 4) is 11.3 Å². The Bertz CT molecular complexity index is 1370. The van der Waals surface area contributed by atoms with E-state index in [1.54, 1.807) is 17.0 Å². The summed E-state index contributed by atoms with van der Waals surface area (Å²) in [5.41, 5.74) is 4.82. The van der Waals surface area contributed by atoms with E-state index in [9.17, 15) is 9.59 Å². The number of anilines is 1. The first kappa shape index (κ1) is 26.1. The number of rotatable bonds is 8. The minimum atomic E-state index is -0.123. The van der Waals surface area contributed by atoms with Gasteiger partial charge in [0.25, 0.3) is 5.91 Å². The largest absolute Gasteiger partial charge is 0.352 e. The van der Waals surface area contributed by atoms with Crippen LogP contribution >= 0.6 is 0 Å². The molecule has 0 radical (unpaired) electrons. The van der Waals surface area contributed by atoms with E-state index in [0.717, 1.165) is 22.6 Å². The number of nitrogens with zero attached hydrogens (tertiary/aromatic N) is 5. The van der Waals surface area contributed by atoms with Crippen LogP contribution in [-0.4, -0.2) is 71.1 Å². The average molecular weight is 520 g/mol. The number of aromatic nitrogens is 2. The summed E-state index contributed by atoms with van der Waals surface area (Å²) in [6, 6.07) is 31.4. The molecule has 4 aromatic rings. The fraction of sp³-hybridized carbons (Fsp3) is 0.250. The zero-order valence-electron chi connectivity index (χ0n) is 22.2. The van der Waals surface area contributed by atoms with Crippen molar-refractivity contribution < 1.29 is 9.59 Å². The van der Waals surface area contributed by atoms with Crippen LogP contribution in [0.5, 0.6) is 0 Å². The van der Waals surface area contributed by atoms with Crippen LogP contribution in [0.2, 0.25) is 0 Å². The van der Waals surface area contributed by atoms with E-state index in [1.807, 2.05) is 65.6 Å². The Morgan fingerprint density at radius 3 is 2.08 bits per heavy atom. The molecule has 0 unspecified atom stereocenters. The van der Waals surface area contributed by atoms with Gasteiger partial charge in [0.1, 0.15) is 6.54 Å². The number of hydrogen-bond acceptors (Lipinski definition) is 5. The van der Waals surface area contributed by atoms with Gasteiger partial charge < -0.3 is 14.7 Å². The minimum Gasteiger partial charge on any atom is -0.352 e. The Morgan fingerprint density at radius 2 is 1.44 bits per heavy atom. The van der Waals surface area contributed by atoms with Crippen molar-refractivity contribution in [3.63, 3.8) is 0 Å². The van der Waals surface area contributed by atoms with Crippen LogP contribution in [0.25, 0.3) is 11.3 Å². The first-order chi connectivity index (χ1) is 19.1. The highest BCUT2D eigenvalue weighted by Crippen LogP contribution is 2.20. The maximum atomic E-state index is 13.3. The number of carbonyl (C=O) groups is 2. The molecule has 0 spiro atoms. The lowest BCUT2D eigenvalue weighted by Crippen LogP contribution is -2.52. The number of aryl methyl sites for hydroxylation is 1. The van der Waals surface area contributed by atoms with Crippen LogP contribution in [0.4, 0.5) is 5.82 Å². The summed E-state index contributed by atoms with van der Waals surface area (Å²) < 4.78 is 0. The van der Waals surface area contributed by atoms with Crippen molar-refractivity contribution in [1.82, 2.24) is 20.0 Å². The van der Waals surface area contributed by atoms with Gasteiger partial charge in [-0.25, -0.2) is 0 Å². The molecule has 198 valence electrons. The molecule has 0 bridgehead atoms. The molecule has 7 heteroatoms. The summed E-state index contributed by atoms with van der Waals surface area (Å²) in [5, 5.41) is 8.87. The number of piperazine rings is 1. The third kappa shape index (κ3) is 6.68. The summed E-state index contributed by atoms with van der Waals surface area (Å²) in [5.74, 6) is 0.650. The second kappa shape index (κ2) is 12.3. The molecular weight excluding hydrogens is 486 g/mol. The van der Waals surface area contributed by atoms with E-state index < -0.39 is 0 Å². The molecule has 0 aliphatic carbocycles. The quantitative estimate of drug-likeness (QED) is 0.343. The first-order valence-electron chi connectivity index (χ1n) is 13.4. The molecule has 2 heterocycles. The van der Waals surface area contributed by atoms with E-state index >= 15 is 0 Å². The van der Waals surface area contributed by atoms with Crippen molar-refractivity contribution in [2.75, 3.05) is 44.2 Å². The second-order valence-electron chi connectivity index (χ2n) is 9.84. The van der Waals surface area contributed by atoms with E-state index in [1.165, 1.54) is 5.56 Å². The van der Waals surface area contributed by atoms with Gasteiger partial charge >= 0.3 is 0 Å². The van der Waals surface area contributed by atoms with Crippen molar-refractivity contribution in [3.05, 3.63) is 114 Å². The third-order valence-corrected chi connectivity index (χ3v) is 7.10. The highest BCUT2D eigenvalue weighted by Gasteiger charge is 2.26. The van der Waals surface area contributed by atoms with Crippen LogP contribution in [0, 0.1) is 6.92 Å². The molecule has 0 saturated carbocycles. The zero-order chi connectivity index (χ0) is 27.0. The number of benzene rings is 3. The fourth-order valence-corrected chi connectivity index (χ4v) is 4.74. The summed E-state index contributed by atoms with van der Waals surface area (Å²) in [6.07, 6.45) is 0.692. The van der Waals surface area contributed by atoms with Gasteiger partial charge in [-0.1, -0.05) is 78.4 Å². The van der Waals surface area contributed by atoms with E-state index in [-0.39, 0.29) is 18.4 Å². The van der Waals surface area contributed by atoms with Crippen molar-refractivity contribution >= 4 is 17.6 Å². The molecule has 1 aliphatic heterocycles. The Kier molecular flexibility index (Phi) is 8.26. The van der Waals surface area contributed by atoms with Crippen LogP contribution in [0.1, 0.15) is 21.5 Å². The summed E-state index contributed by atoms with van der Waals surface area (Å²) in [7, 11) is 0. The molecule has 1 aliphatic rings. The molecule has 3 aromatic carbocycles. The Hall–Kier alpha value is -4.52. The lowest BCUT2D eigenvalue weighted by Gasteiger charge is -2.36. The molecule has 1 fully saturated rings. The molecule has 39 heavy (non-hydrogen) atoms. The topological polar surface area (TPSA) is 69.6 Å². The summed E-state index contributed by atoms with van der Waals surface area (Å²) in [4.78, 5) is 32.3. The lowest BCUT2D eigenvalue weighted by molar-refractivity contribution is -0.132. The van der Waals surface area contributed by atoms with Crippen molar-refractivity contribution in [1.29, 1.82) is 0 Å². The summed E-state index contributed by atoms with van der Waals surface area (Å²) in [6.45, 7) is 5.09. The van der Waals surface area contributed by atoms with Gasteiger partial charge in [0.05, 0.1) is 5.69 Å². The number of amides is 2. The predicted octanol–water partition coefficient (Wildman–Crippen LogP) is 4.49. The molecular formula is C32H33N5O2. The minimum absolute atomic E-state index is 0.0344. The monoisotopic (exact) mass is 519 g/mol. The molecule has 0 atom stereocenters. The van der Waals surface area contributed by atoms with Crippen LogP contribution in [0.3, 0.4) is 0 Å². The van der Waals surface area contributed by atoms with Gasteiger partial charge in [-0.2, -0.15) is 0 Å². The molecule has 0 N–H and O–H groups in total. The van der Waals surface area contributed by atoms with Gasteiger partial charge in [0.15, 0.2) is 5.82 Å². The smallest absolute Gasteiger partial charge is 0.254 e. The average Bonchev–Trinajstić information content (AvgIpc) is 3.00. The normalized spacial score (nSPS) is 13.3. The number of hydrogen-bond donors (Lipinski definition) is 0. The van der Waals surface area contributed by atoms with E-state index in [0.29, 0.717) is 44.7 Å². The standard InChI is InChI=1S/C32H33N5O2/c1-25-12-14-27(15-13-25)29-16-17-30(34-33-29)35-20-22-36(23-21-35)31(38)24-37(19-18-26-8-4-2-5-9-26)32(39)28-10-6-3-7-11-28/h2-17H,18-24H2,1H3. The Labute approximate surface area is 229 Å². The maximum absolute atomic E-state index is 13.3. The van der Waals surface area contributed by atoms with Gasteiger partial charge in [0.2, 0.25) is 5.91 Å².